The zero-order valence-electron chi connectivity index (χ0n) is 8.82. The number of benzene rings is 1. The fourth-order valence-corrected chi connectivity index (χ4v) is 1.54. The van der Waals surface area contributed by atoms with Gasteiger partial charge in [0.05, 0.1) is 11.1 Å². The molecule has 100 valence electrons. The first kappa shape index (κ1) is 14.9. The predicted octanol–water partition coefficient (Wildman–Crippen LogP) is 4.23. The number of hydrogen-bond donors (Lipinski definition) is 0. The van der Waals surface area contributed by atoms with E-state index in [1.807, 2.05) is 0 Å². The Labute approximate surface area is 102 Å². The Morgan fingerprint density at radius 2 is 1.33 bits per heavy atom. The second-order valence-corrected chi connectivity index (χ2v) is 4.07. The molecule has 1 aromatic carbocycles. The van der Waals surface area contributed by atoms with Gasteiger partial charge in [0.2, 0.25) is 5.12 Å². The van der Waals surface area contributed by atoms with E-state index >= 15 is 0 Å². The van der Waals surface area contributed by atoms with Gasteiger partial charge in [0, 0.05) is 5.56 Å². The molecular weight excluding hydrogens is 282 g/mol. The molecule has 18 heavy (non-hydrogen) atoms. The van der Waals surface area contributed by atoms with Crippen LogP contribution >= 0.6 is 11.8 Å². The van der Waals surface area contributed by atoms with E-state index in [9.17, 15) is 31.1 Å². The summed E-state index contributed by atoms with van der Waals surface area (Å²) in [5, 5.41) is -0.855. The lowest BCUT2D eigenvalue weighted by Gasteiger charge is -2.13. The lowest BCUT2D eigenvalue weighted by atomic mass is 10.1. The lowest BCUT2D eigenvalue weighted by molar-refractivity contribution is -0.143. The van der Waals surface area contributed by atoms with Gasteiger partial charge >= 0.3 is 12.4 Å². The normalized spacial score (nSPS) is 12.6. The van der Waals surface area contributed by atoms with Gasteiger partial charge in [-0.15, -0.1) is 0 Å². The molecule has 0 bridgehead atoms. The second-order valence-electron chi connectivity index (χ2n) is 3.29. The number of hydrogen-bond acceptors (Lipinski definition) is 2. The molecule has 0 aliphatic carbocycles. The van der Waals surface area contributed by atoms with Gasteiger partial charge < -0.3 is 0 Å². The summed E-state index contributed by atoms with van der Waals surface area (Å²) in [5.74, 6) is 0. The van der Waals surface area contributed by atoms with Crippen LogP contribution in [0.15, 0.2) is 18.2 Å². The average Bonchev–Trinajstić information content (AvgIpc) is 2.25. The van der Waals surface area contributed by atoms with E-state index in [0.717, 1.165) is 0 Å². The molecule has 0 aromatic heterocycles. The van der Waals surface area contributed by atoms with Crippen LogP contribution in [0.1, 0.15) is 21.5 Å². The van der Waals surface area contributed by atoms with Crippen LogP contribution in [0.5, 0.6) is 0 Å². The molecule has 0 saturated carbocycles. The number of alkyl halides is 6. The molecule has 0 heterocycles. The largest absolute Gasteiger partial charge is 0.416 e. The highest BCUT2D eigenvalue weighted by Crippen LogP contribution is 2.36. The standard InChI is InChI=1S/C10H6F6OS/c1-18-8(17)5-2-6(9(11,12)13)4-7(3-5)10(14,15)16/h2-4H,1H3. The van der Waals surface area contributed by atoms with Gasteiger partial charge in [-0.25, -0.2) is 0 Å². The molecule has 0 aliphatic heterocycles. The van der Waals surface area contributed by atoms with Gasteiger partial charge in [0.1, 0.15) is 0 Å². The highest BCUT2D eigenvalue weighted by Gasteiger charge is 2.37. The molecule has 0 aliphatic rings. The van der Waals surface area contributed by atoms with Crippen LogP contribution in [-0.4, -0.2) is 11.4 Å². The molecule has 1 aromatic rings. The number of rotatable bonds is 1. The van der Waals surface area contributed by atoms with Crippen molar-refractivity contribution in [3.8, 4) is 0 Å². The van der Waals surface area contributed by atoms with Crippen LogP contribution in [0.25, 0.3) is 0 Å². The van der Waals surface area contributed by atoms with Crippen molar-refractivity contribution in [3.05, 3.63) is 34.9 Å². The minimum atomic E-state index is -4.94. The molecule has 1 rings (SSSR count). The molecule has 0 radical (unpaired) electrons. The van der Waals surface area contributed by atoms with Gasteiger partial charge in [-0.2, -0.15) is 26.3 Å². The highest BCUT2D eigenvalue weighted by atomic mass is 32.2. The number of halogens is 6. The first-order valence-corrected chi connectivity index (χ1v) is 5.66. The van der Waals surface area contributed by atoms with E-state index in [1.165, 1.54) is 6.26 Å². The van der Waals surface area contributed by atoms with Crippen LogP contribution in [-0.2, 0) is 12.4 Å². The zero-order valence-corrected chi connectivity index (χ0v) is 9.63. The number of carbonyl (C=O) groups excluding carboxylic acids is 1. The van der Waals surface area contributed by atoms with E-state index < -0.39 is 34.2 Å². The van der Waals surface area contributed by atoms with Crippen LogP contribution in [0.3, 0.4) is 0 Å². The molecule has 0 saturated heterocycles. The number of carbonyl (C=O) groups is 1. The smallest absolute Gasteiger partial charge is 0.282 e. The maximum atomic E-state index is 12.4. The Morgan fingerprint density at radius 3 is 1.61 bits per heavy atom. The molecular formula is C10H6F6OS. The van der Waals surface area contributed by atoms with Crippen molar-refractivity contribution in [2.24, 2.45) is 0 Å². The minimum absolute atomic E-state index is 0.0168. The van der Waals surface area contributed by atoms with Crippen molar-refractivity contribution >= 4 is 16.9 Å². The molecule has 0 fully saturated rings. The van der Waals surface area contributed by atoms with Crippen LogP contribution < -0.4 is 0 Å². The lowest BCUT2D eigenvalue weighted by Crippen LogP contribution is -2.12. The summed E-state index contributed by atoms with van der Waals surface area (Å²) < 4.78 is 74.5. The van der Waals surface area contributed by atoms with E-state index in [1.54, 1.807) is 0 Å². The van der Waals surface area contributed by atoms with Crippen molar-refractivity contribution in [1.29, 1.82) is 0 Å². The van der Waals surface area contributed by atoms with E-state index in [0.29, 0.717) is 23.9 Å². The highest BCUT2D eigenvalue weighted by molar-refractivity contribution is 8.13. The maximum Gasteiger partial charge on any atom is 0.416 e. The molecule has 0 unspecified atom stereocenters. The van der Waals surface area contributed by atoms with Crippen molar-refractivity contribution in [1.82, 2.24) is 0 Å². The van der Waals surface area contributed by atoms with E-state index in [4.69, 9.17) is 0 Å². The van der Waals surface area contributed by atoms with E-state index in [2.05, 4.69) is 0 Å². The second kappa shape index (κ2) is 4.83. The summed E-state index contributed by atoms with van der Waals surface area (Å²) in [6.45, 7) is 0. The van der Waals surface area contributed by atoms with Crippen molar-refractivity contribution < 1.29 is 31.1 Å². The van der Waals surface area contributed by atoms with Gasteiger partial charge in [-0.05, 0) is 24.5 Å². The molecule has 0 spiro atoms. The Hall–Kier alpha value is -1.18. The quantitative estimate of drug-likeness (QED) is 0.719. The van der Waals surface area contributed by atoms with Gasteiger partial charge in [-0.1, -0.05) is 11.8 Å². The van der Waals surface area contributed by atoms with E-state index in [-0.39, 0.29) is 6.07 Å². The third-order valence-corrected chi connectivity index (χ3v) is 2.62. The van der Waals surface area contributed by atoms with Crippen molar-refractivity contribution in [2.45, 2.75) is 12.4 Å². The monoisotopic (exact) mass is 288 g/mol. The molecule has 8 heteroatoms. The third kappa shape index (κ3) is 3.41. The first-order chi connectivity index (χ1) is 8.05. The molecule has 0 N–H and O–H groups in total. The van der Waals surface area contributed by atoms with Gasteiger partial charge in [0.15, 0.2) is 0 Å². The van der Waals surface area contributed by atoms with Crippen LogP contribution in [0.4, 0.5) is 26.3 Å². The summed E-state index contributed by atoms with van der Waals surface area (Å²) in [6, 6.07) is 0.805. The summed E-state index contributed by atoms with van der Waals surface area (Å²) in [5.41, 5.74) is -3.60. The summed E-state index contributed by atoms with van der Waals surface area (Å²) in [7, 11) is 0. The Bertz CT molecular complexity index is 430. The Kier molecular flexibility index (Phi) is 3.99. The summed E-state index contributed by atoms with van der Waals surface area (Å²) in [4.78, 5) is 11.2. The third-order valence-electron chi connectivity index (χ3n) is 2.01. The first-order valence-electron chi connectivity index (χ1n) is 4.43. The Morgan fingerprint density at radius 1 is 0.944 bits per heavy atom. The minimum Gasteiger partial charge on any atom is -0.282 e. The van der Waals surface area contributed by atoms with Crippen molar-refractivity contribution in [2.75, 3.05) is 6.26 Å². The number of thioether (sulfide) groups is 1. The van der Waals surface area contributed by atoms with Crippen LogP contribution in [0, 0.1) is 0 Å². The summed E-state index contributed by atoms with van der Waals surface area (Å²) >= 11 is 0.543. The molecule has 0 amide bonds. The van der Waals surface area contributed by atoms with Crippen molar-refractivity contribution in [3.63, 3.8) is 0 Å². The fraction of sp³-hybridized carbons (Fsp3) is 0.300. The zero-order chi connectivity index (χ0) is 14.1. The van der Waals surface area contributed by atoms with Gasteiger partial charge in [-0.3, -0.25) is 4.79 Å². The fourth-order valence-electron chi connectivity index (χ4n) is 1.19. The topological polar surface area (TPSA) is 17.1 Å². The van der Waals surface area contributed by atoms with Gasteiger partial charge in [0.25, 0.3) is 0 Å². The summed E-state index contributed by atoms with van der Waals surface area (Å²) in [6.07, 6.45) is -8.60. The molecule has 0 atom stereocenters. The maximum absolute atomic E-state index is 12.4. The predicted molar refractivity (Wildman–Crippen MR) is 54.3 cm³/mol. The molecule has 1 nitrogen and oxygen atoms in total. The average molecular weight is 288 g/mol. The SMILES string of the molecule is CSC(=O)c1cc(C(F)(F)F)cc(C(F)(F)F)c1. The van der Waals surface area contributed by atoms with Crippen LogP contribution in [0.2, 0.25) is 0 Å². The Balaban J connectivity index is 3.44.